The number of likely N-dealkylation sites (tertiary alicyclic amines) is 1. The topological polar surface area (TPSA) is 28.2 Å². The molecule has 0 saturated carbocycles. The highest BCUT2D eigenvalue weighted by Gasteiger charge is 2.39. The monoisotopic (exact) mass is 309 g/mol. The van der Waals surface area contributed by atoms with Crippen molar-refractivity contribution in [3.8, 4) is 0 Å². The molecule has 0 amide bonds. The molecule has 0 aromatic carbocycles. The molecule has 0 aliphatic carbocycles. The first-order chi connectivity index (χ1) is 10.1. The number of nitrogens with one attached hydrogen (secondary N) is 1. The number of aromatic nitrogens is 1. The van der Waals surface area contributed by atoms with Crippen molar-refractivity contribution >= 4 is 11.6 Å². The van der Waals surface area contributed by atoms with Gasteiger partial charge < -0.3 is 5.32 Å². The lowest BCUT2D eigenvalue weighted by molar-refractivity contribution is 0.0847. The highest BCUT2D eigenvalue weighted by atomic mass is 35.5. The summed E-state index contributed by atoms with van der Waals surface area (Å²) in [5.41, 5.74) is 1.37. The van der Waals surface area contributed by atoms with E-state index < -0.39 is 0 Å². The van der Waals surface area contributed by atoms with Crippen LogP contribution >= 0.6 is 11.6 Å². The Morgan fingerprint density at radius 3 is 2.67 bits per heavy atom. The standard InChI is InChI=1S/C17H28ClN3/c1-4-17(3,21-10-6-7-11-21)16(20-5-2)12-14-8-9-19-13-15(14)18/h8-9,13,16,20H,4-7,10-12H2,1-3H3. The second-order valence-corrected chi connectivity index (χ2v) is 6.59. The van der Waals surface area contributed by atoms with Crippen LogP contribution in [-0.4, -0.2) is 41.1 Å². The minimum atomic E-state index is 0.180. The first-order valence-corrected chi connectivity index (χ1v) is 8.56. The molecule has 3 nitrogen and oxygen atoms in total. The molecular formula is C17H28ClN3. The van der Waals surface area contributed by atoms with Gasteiger partial charge in [-0.25, -0.2) is 0 Å². The zero-order valence-corrected chi connectivity index (χ0v) is 14.3. The van der Waals surface area contributed by atoms with Crippen LogP contribution in [0.4, 0.5) is 0 Å². The summed E-state index contributed by atoms with van der Waals surface area (Å²) >= 11 is 6.32. The molecule has 21 heavy (non-hydrogen) atoms. The molecule has 1 aliphatic heterocycles. The largest absolute Gasteiger partial charge is 0.312 e. The molecule has 1 aromatic rings. The molecule has 2 heterocycles. The van der Waals surface area contributed by atoms with Gasteiger partial charge in [-0.3, -0.25) is 9.88 Å². The van der Waals surface area contributed by atoms with Gasteiger partial charge in [0.2, 0.25) is 0 Å². The molecule has 0 radical (unpaired) electrons. The Kier molecular flexibility index (Phi) is 6.03. The molecule has 4 heteroatoms. The van der Waals surface area contributed by atoms with E-state index in [1.807, 2.05) is 12.3 Å². The second kappa shape index (κ2) is 7.57. The molecule has 1 saturated heterocycles. The number of halogens is 1. The van der Waals surface area contributed by atoms with Crippen molar-refractivity contribution in [1.29, 1.82) is 0 Å². The fourth-order valence-corrected chi connectivity index (χ4v) is 3.66. The van der Waals surface area contributed by atoms with Crippen molar-refractivity contribution in [3.63, 3.8) is 0 Å². The van der Waals surface area contributed by atoms with Crippen LogP contribution in [0.5, 0.6) is 0 Å². The van der Waals surface area contributed by atoms with E-state index in [1.54, 1.807) is 6.20 Å². The van der Waals surface area contributed by atoms with E-state index in [0.29, 0.717) is 6.04 Å². The van der Waals surface area contributed by atoms with Gasteiger partial charge >= 0.3 is 0 Å². The third kappa shape index (κ3) is 3.77. The minimum absolute atomic E-state index is 0.180. The van der Waals surface area contributed by atoms with Gasteiger partial charge in [0.15, 0.2) is 0 Å². The third-order valence-corrected chi connectivity index (χ3v) is 5.37. The van der Waals surface area contributed by atoms with Crippen LogP contribution in [0.1, 0.15) is 45.6 Å². The number of nitrogens with zero attached hydrogens (tertiary/aromatic N) is 2. The van der Waals surface area contributed by atoms with Crippen LogP contribution in [0.25, 0.3) is 0 Å². The lowest BCUT2D eigenvalue weighted by atomic mass is 9.83. The Bertz CT molecular complexity index is 445. The van der Waals surface area contributed by atoms with Gasteiger partial charge in [0.05, 0.1) is 5.02 Å². The molecule has 1 fully saturated rings. The highest BCUT2D eigenvalue weighted by Crippen LogP contribution is 2.30. The van der Waals surface area contributed by atoms with Gasteiger partial charge in [0, 0.05) is 24.0 Å². The maximum Gasteiger partial charge on any atom is 0.0621 e. The fraction of sp³-hybridized carbons (Fsp3) is 0.706. The Morgan fingerprint density at radius 1 is 1.38 bits per heavy atom. The summed E-state index contributed by atoms with van der Waals surface area (Å²) in [5, 5.41) is 4.48. The van der Waals surface area contributed by atoms with Crippen molar-refractivity contribution in [2.75, 3.05) is 19.6 Å². The maximum absolute atomic E-state index is 6.32. The van der Waals surface area contributed by atoms with Gasteiger partial charge in [-0.05, 0) is 63.9 Å². The summed E-state index contributed by atoms with van der Waals surface area (Å²) in [6.07, 6.45) is 8.33. The van der Waals surface area contributed by atoms with Crippen LogP contribution in [0.2, 0.25) is 5.02 Å². The smallest absolute Gasteiger partial charge is 0.0621 e. The summed E-state index contributed by atoms with van der Waals surface area (Å²) in [6, 6.07) is 2.46. The molecule has 1 aliphatic rings. The van der Waals surface area contributed by atoms with Crippen LogP contribution in [0.15, 0.2) is 18.5 Å². The first kappa shape index (κ1) is 16.7. The van der Waals surface area contributed by atoms with Crippen LogP contribution in [0, 0.1) is 0 Å². The quantitative estimate of drug-likeness (QED) is 0.835. The molecule has 2 atom stereocenters. The number of hydrogen-bond donors (Lipinski definition) is 1. The first-order valence-electron chi connectivity index (χ1n) is 8.18. The van der Waals surface area contributed by atoms with Crippen molar-refractivity contribution in [2.45, 2.75) is 58.0 Å². The summed E-state index contributed by atoms with van der Waals surface area (Å²) < 4.78 is 0. The minimum Gasteiger partial charge on any atom is -0.312 e. The third-order valence-electron chi connectivity index (χ3n) is 5.03. The molecular weight excluding hydrogens is 282 g/mol. The van der Waals surface area contributed by atoms with E-state index in [4.69, 9.17) is 11.6 Å². The molecule has 2 unspecified atom stereocenters. The van der Waals surface area contributed by atoms with E-state index in [2.05, 4.69) is 36.0 Å². The molecule has 0 spiro atoms. The molecule has 1 aromatic heterocycles. The van der Waals surface area contributed by atoms with Crippen LogP contribution in [-0.2, 0) is 6.42 Å². The van der Waals surface area contributed by atoms with Crippen molar-refractivity contribution in [2.24, 2.45) is 0 Å². The Balaban J connectivity index is 2.21. The van der Waals surface area contributed by atoms with Gasteiger partial charge in [0.1, 0.15) is 0 Å². The normalized spacial score (nSPS) is 20.4. The van der Waals surface area contributed by atoms with E-state index >= 15 is 0 Å². The van der Waals surface area contributed by atoms with Crippen molar-refractivity contribution < 1.29 is 0 Å². The average Bonchev–Trinajstić information content (AvgIpc) is 3.03. The lowest BCUT2D eigenvalue weighted by Gasteiger charge is -2.45. The van der Waals surface area contributed by atoms with E-state index in [1.165, 1.54) is 31.5 Å². The van der Waals surface area contributed by atoms with Gasteiger partial charge in [-0.15, -0.1) is 0 Å². The van der Waals surface area contributed by atoms with Crippen molar-refractivity contribution in [1.82, 2.24) is 15.2 Å². The summed E-state index contributed by atoms with van der Waals surface area (Å²) in [5.74, 6) is 0. The average molecular weight is 310 g/mol. The fourth-order valence-electron chi connectivity index (χ4n) is 3.47. The van der Waals surface area contributed by atoms with E-state index in [-0.39, 0.29) is 5.54 Å². The van der Waals surface area contributed by atoms with Gasteiger partial charge in [0.25, 0.3) is 0 Å². The van der Waals surface area contributed by atoms with Crippen LogP contribution in [0.3, 0.4) is 0 Å². The summed E-state index contributed by atoms with van der Waals surface area (Å²) in [7, 11) is 0. The second-order valence-electron chi connectivity index (χ2n) is 6.19. The molecule has 1 N–H and O–H groups in total. The number of likely N-dealkylation sites (N-methyl/N-ethyl adjacent to an activating group) is 1. The zero-order chi connectivity index (χ0) is 15.3. The molecule has 2 rings (SSSR count). The summed E-state index contributed by atoms with van der Waals surface area (Å²) in [6.45, 7) is 10.3. The Morgan fingerprint density at radius 2 is 2.10 bits per heavy atom. The number of rotatable bonds is 7. The van der Waals surface area contributed by atoms with Crippen molar-refractivity contribution in [3.05, 3.63) is 29.0 Å². The number of pyridine rings is 1. The van der Waals surface area contributed by atoms with Gasteiger partial charge in [-0.2, -0.15) is 0 Å². The Hall–Kier alpha value is -0.640. The number of hydrogen-bond acceptors (Lipinski definition) is 3. The maximum atomic E-state index is 6.32. The zero-order valence-electron chi connectivity index (χ0n) is 13.5. The van der Waals surface area contributed by atoms with Gasteiger partial charge in [-0.1, -0.05) is 25.4 Å². The Labute approximate surface area is 134 Å². The van der Waals surface area contributed by atoms with E-state index in [0.717, 1.165) is 24.4 Å². The highest BCUT2D eigenvalue weighted by molar-refractivity contribution is 6.31. The molecule has 118 valence electrons. The summed E-state index contributed by atoms with van der Waals surface area (Å²) in [4.78, 5) is 6.76. The predicted molar refractivity (Wildman–Crippen MR) is 89.9 cm³/mol. The SMILES string of the molecule is CCNC(Cc1ccncc1Cl)C(C)(CC)N1CCCC1. The predicted octanol–water partition coefficient (Wildman–Crippen LogP) is 3.52. The van der Waals surface area contributed by atoms with E-state index in [9.17, 15) is 0 Å². The molecule has 0 bridgehead atoms. The lowest BCUT2D eigenvalue weighted by Crippen LogP contribution is -2.59. The van der Waals surface area contributed by atoms with Crippen LogP contribution < -0.4 is 5.32 Å².